The van der Waals surface area contributed by atoms with Crippen LogP contribution in [-0.4, -0.2) is 45.5 Å². The van der Waals surface area contributed by atoms with E-state index < -0.39 is 40.8 Å². The molecule has 0 bridgehead atoms. The molecule has 166 valence electrons. The lowest BCUT2D eigenvalue weighted by Crippen LogP contribution is -2.62. The first-order valence-electron chi connectivity index (χ1n) is 9.73. The molecule has 0 spiro atoms. The van der Waals surface area contributed by atoms with Crippen LogP contribution in [-0.2, 0) is 22.7 Å². The second-order valence-corrected chi connectivity index (χ2v) is 8.77. The van der Waals surface area contributed by atoms with Crippen molar-refractivity contribution in [2.45, 2.75) is 24.4 Å². The van der Waals surface area contributed by atoms with Gasteiger partial charge >= 0.3 is 6.03 Å². The van der Waals surface area contributed by atoms with Gasteiger partial charge in [-0.15, -0.1) is 11.8 Å². The Bertz CT molecular complexity index is 1110. The molecule has 1 N–H and O–H groups in total. The number of hydrogen-bond acceptors (Lipinski definition) is 4. The standard InChI is InChI=1S/C22H18ClF2N3O3S/c23-16-9-15(24)6-5-13(16)10-26-19(29)12-27-18-7-8-32-20(18)21(30)28(22(27)31)11-14-3-1-2-4-17(14)25/h1-9,18,20H,10-12H2,(H,26,29). The predicted molar refractivity (Wildman–Crippen MR) is 117 cm³/mol. The van der Waals surface area contributed by atoms with Gasteiger partial charge < -0.3 is 10.2 Å². The number of nitrogens with one attached hydrogen (secondary N) is 1. The Labute approximate surface area is 192 Å². The van der Waals surface area contributed by atoms with Crippen molar-refractivity contribution in [2.75, 3.05) is 6.54 Å². The number of hydrogen-bond donors (Lipinski definition) is 1. The molecule has 2 unspecified atom stereocenters. The summed E-state index contributed by atoms with van der Waals surface area (Å²) < 4.78 is 27.3. The highest BCUT2D eigenvalue weighted by Gasteiger charge is 2.47. The van der Waals surface area contributed by atoms with E-state index in [4.69, 9.17) is 11.6 Å². The van der Waals surface area contributed by atoms with Crippen molar-refractivity contribution in [3.8, 4) is 0 Å². The first-order chi connectivity index (χ1) is 15.3. The first-order valence-corrected chi connectivity index (χ1v) is 11.1. The van der Waals surface area contributed by atoms with Crippen LogP contribution in [0.25, 0.3) is 0 Å². The highest BCUT2D eigenvalue weighted by Crippen LogP contribution is 2.35. The number of halogens is 3. The maximum absolute atomic E-state index is 14.1. The van der Waals surface area contributed by atoms with Crippen LogP contribution in [0.2, 0.25) is 5.02 Å². The largest absolute Gasteiger partial charge is 0.350 e. The molecule has 0 aliphatic carbocycles. The third-order valence-electron chi connectivity index (χ3n) is 5.25. The van der Waals surface area contributed by atoms with Crippen molar-refractivity contribution in [1.29, 1.82) is 0 Å². The predicted octanol–water partition coefficient (Wildman–Crippen LogP) is 3.70. The fourth-order valence-electron chi connectivity index (χ4n) is 3.58. The van der Waals surface area contributed by atoms with Gasteiger partial charge in [0.25, 0.3) is 0 Å². The van der Waals surface area contributed by atoms with Gasteiger partial charge in [-0.3, -0.25) is 14.5 Å². The Kier molecular flexibility index (Phi) is 6.48. The zero-order chi connectivity index (χ0) is 22.8. The summed E-state index contributed by atoms with van der Waals surface area (Å²) in [6.07, 6.45) is 1.70. The summed E-state index contributed by atoms with van der Waals surface area (Å²) in [6.45, 7) is -0.473. The van der Waals surface area contributed by atoms with Gasteiger partial charge in [0.05, 0.1) is 12.6 Å². The quantitative estimate of drug-likeness (QED) is 0.689. The van der Waals surface area contributed by atoms with Crippen molar-refractivity contribution in [3.63, 3.8) is 0 Å². The molecule has 4 rings (SSSR count). The van der Waals surface area contributed by atoms with E-state index in [1.165, 1.54) is 47.0 Å². The molecule has 2 aliphatic rings. The zero-order valence-electron chi connectivity index (χ0n) is 16.6. The Balaban J connectivity index is 1.48. The number of amides is 4. The number of thioether (sulfide) groups is 1. The lowest BCUT2D eigenvalue weighted by atomic mass is 10.1. The molecule has 0 saturated carbocycles. The number of carbonyl (C=O) groups is 3. The molecule has 2 atom stereocenters. The van der Waals surface area contributed by atoms with E-state index in [9.17, 15) is 23.2 Å². The van der Waals surface area contributed by atoms with Crippen LogP contribution in [0.4, 0.5) is 13.6 Å². The maximum Gasteiger partial charge on any atom is 0.328 e. The summed E-state index contributed by atoms with van der Waals surface area (Å²) in [4.78, 5) is 40.9. The number of urea groups is 1. The molecule has 10 heteroatoms. The van der Waals surface area contributed by atoms with Crippen molar-refractivity contribution in [1.82, 2.24) is 15.1 Å². The maximum atomic E-state index is 14.1. The van der Waals surface area contributed by atoms with Crippen LogP contribution in [0.1, 0.15) is 11.1 Å². The lowest BCUT2D eigenvalue weighted by Gasteiger charge is -2.41. The Hall–Kier alpha value is -2.91. The number of imide groups is 1. The highest BCUT2D eigenvalue weighted by atomic mass is 35.5. The van der Waals surface area contributed by atoms with E-state index in [0.717, 1.165) is 11.0 Å². The fraction of sp³-hybridized carbons (Fsp3) is 0.227. The van der Waals surface area contributed by atoms with E-state index in [1.807, 2.05) is 0 Å². The van der Waals surface area contributed by atoms with E-state index in [-0.39, 0.29) is 30.2 Å². The molecular formula is C22H18ClF2N3O3S. The fourth-order valence-corrected chi connectivity index (χ4v) is 4.88. The van der Waals surface area contributed by atoms with Crippen LogP contribution < -0.4 is 5.32 Å². The summed E-state index contributed by atoms with van der Waals surface area (Å²) in [5.41, 5.74) is 0.732. The molecule has 6 nitrogen and oxygen atoms in total. The molecule has 2 aromatic rings. The third kappa shape index (κ3) is 4.49. The Morgan fingerprint density at radius 1 is 1.12 bits per heavy atom. The monoisotopic (exact) mass is 477 g/mol. The molecule has 2 aromatic carbocycles. The summed E-state index contributed by atoms with van der Waals surface area (Å²) in [6, 6.07) is 8.52. The summed E-state index contributed by atoms with van der Waals surface area (Å²) >= 11 is 7.24. The summed E-state index contributed by atoms with van der Waals surface area (Å²) in [5, 5.41) is 3.96. The molecule has 1 fully saturated rings. The van der Waals surface area contributed by atoms with E-state index in [2.05, 4.69) is 5.32 Å². The molecular weight excluding hydrogens is 460 g/mol. The minimum absolute atomic E-state index is 0.0521. The van der Waals surface area contributed by atoms with Crippen molar-refractivity contribution in [2.24, 2.45) is 0 Å². The second kappa shape index (κ2) is 9.30. The molecule has 0 aromatic heterocycles. The molecule has 1 saturated heterocycles. The second-order valence-electron chi connectivity index (χ2n) is 7.31. The normalized spacial score (nSPS) is 20.0. The molecule has 2 aliphatic heterocycles. The molecule has 0 radical (unpaired) electrons. The summed E-state index contributed by atoms with van der Waals surface area (Å²) in [7, 11) is 0. The van der Waals surface area contributed by atoms with Gasteiger partial charge in [0.15, 0.2) is 0 Å². The molecule has 32 heavy (non-hydrogen) atoms. The van der Waals surface area contributed by atoms with Crippen LogP contribution in [0.5, 0.6) is 0 Å². The first kappa shape index (κ1) is 22.3. The Morgan fingerprint density at radius 3 is 2.66 bits per heavy atom. The van der Waals surface area contributed by atoms with Gasteiger partial charge in [0, 0.05) is 17.1 Å². The zero-order valence-corrected chi connectivity index (χ0v) is 18.2. The molecule has 2 heterocycles. The van der Waals surface area contributed by atoms with Crippen molar-refractivity contribution in [3.05, 3.63) is 81.7 Å². The van der Waals surface area contributed by atoms with E-state index in [0.29, 0.717) is 5.56 Å². The highest BCUT2D eigenvalue weighted by molar-refractivity contribution is 8.03. The topological polar surface area (TPSA) is 69.7 Å². The van der Waals surface area contributed by atoms with E-state index >= 15 is 0 Å². The molecule has 4 amide bonds. The van der Waals surface area contributed by atoms with Crippen LogP contribution in [0.15, 0.2) is 53.9 Å². The van der Waals surface area contributed by atoms with Gasteiger partial charge in [-0.1, -0.05) is 41.9 Å². The van der Waals surface area contributed by atoms with Gasteiger partial charge in [0.1, 0.15) is 23.4 Å². The average molecular weight is 478 g/mol. The third-order valence-corrected chi connectivity index (χ3v) is 6.69. The average Bonchev–Trinajstić information content (AvgIpc) is 3.25. The van der Waals surface area contributed by atoms with Gasteiger partial charge in [-0.2, -0.15) is 0 Å². The summed E-state index contributed by atoms with van der Waals surface area (Å²) in [5.74, 6) is -1.90. The van der Waals surface area contributed by atoms with Gasteiger partial charge in [0.2, 0.25) is 11.8 Å². The van der Waals surface area contributed by atoms with Crippen molar-refractivity contribution >= 4 is 41.2 Å². The van der Waals surface area contributed by atoms with Crippen LogP contribution >= 0.6 is 23.4 Å². The number of benzene rings is 2. The number of nitrogens with zero attached hydrogens (tertiary/aromatic N) is 2. The SMILES string of the molecule is O=C(CN1C(=O)N(Cc2ccccc2F)C(=O)C2SC=CC21)NCc1ccc(F)cc1Cl. The van der Waals surface area contributed by atoms with E-state index in [1.54, 1.807) is 17.6 Å². The minimum Gasteiger partial charge on any atom is -0.350 e. The van der Waals surface area contributed by atoms with Crippen molar-refractivity contribution < 1.29 is 23.2 Å². The van der Waals surface area contributed by atoms with Gasteiger partial charge in [-0.25, -0.2) is 13.6 Å². The Morgan fingerprint density at radius 2 is 1.91 bits per heavy atom. The van der Waals surface area contributed by atoms with Crippen LogP contribution in [0, 0.1) is 11.6 Å². The number of rotatable bonds is 6. The van der Waals surface area contributed by atoms with Crippen LogP contribution in [0.3, 0.4) is 0 Å². The smallest absolute Gasteiger partial charge is 0.328 e. The number of fused-ring (bicyclic) bond motifs is 1. The minimum atomic E-state index is -0.665. The number of carbonyl (C=O) groups excluding carboxylic acids is 3. The lowest BCUT2D eigenvalue weighted by molar-refractivity contribution is -0.133. The van der Waals surface area contributed by atoms with Gasteiger partial charge in [-0.05, 0) is 29.2 Å².